The zero-order chi connectivity index (χ0) is 18.1. The molecule has 0 radical (unpaired) electrons. The average Bonchev–Trinajstić information content (AvgIpc) is 3.06. The van der Waals surface area contributed by atoms with Crippen molar-refractivity contribution in [3.63, 3.8) is 0 Å². The second-order valence-electron chi connectivity index (χ2n) is 7.28. The van der Waals surface area contributed by atoms with Gasteiger partial charge >= 0.3 is 0 Å². The molecule has 2 aromatic carbocycles. The molecule has 0 aliphatic carbocycles. The minimum atomic E-state index is -0.218. The number of quaternary nitrogens is 1. The molecule has 0 spiro atoms. The molecule has 0 amide bonds. The Labute approximate surface area is 153 Å². The molecule has 1 saturated heterocycles. The van der Waals surface area contributed by atoms with Crippen LogP contribution in [0, 0.1) is 0 Å². The molecular formula is C22H25N2O2+. The molecule has 1 aromatic heterocycles. The normalized spacial score (nSPS) is 24.5. The van der Waals surface area contributed by atoms with E-state index in [1.807, 2.05) is 48.7 Å². The van der Waals surface area contributed by atoms with Crippen LogP contribution < -0.4 is 4.90 Å². The molecule has 1 aliphatic heterocycles. The molecule has 2 heterocycles. The fraction of sp³-hybridized carbons (Fsp3) is 0.318. The van der Waals surface area contributed by atoms with E-state index in [2.05, 4.69) is 31.0 Å². The van der Waals surface area contributed by atoms with Gasteiger partial charge in [-0.1, -0.05) is 48.5 Å². The van der Waals surface area contributed by atoms with Crippen LogP contribution in [-0.2, 0) is 4.74 Å². The molecule has 3 aromatic rings. The molecular weight excluding hydrogens is 324 g/mol. The summed E-state index contributed by atoms with van der Waals surface area (Å²) < 4.78 is 5.90. The SMILES string of the molecule is C[C@H]1C[NH+]([C@H](C(=O)c2c[nH]c3ccccc23)c2ccccc2)C[C@H](C)O1. The van der Waals surface area contributed by atoms with Crippen LogP contribution in [0.15, 0.2) is 60.8 Å². The minimum Gasteiger partial charge on any atom is -0.364 e. The topological polar surface area (TPSA) is 46.5 Å². The summed E-state index contributed by atoms with van der Waals surface area (Å²) in [6, 6.07) is 17.9. The number of hydrogen-bond donors (Lipinski definition) is 2. The molecule has 4 nitrogen and oxygen atoms in total. The van der Waals surface area contributed by atoms with Crippen molar-refractivity contribution in [3.8, 4) is 0 Å². The number of H-pyrrole nitrogens is 1. The van der Waals surface area contributed by atoms with Gasteiger partial charge in [-0.2, -0.15) is 0 Å². The second-order valence-corrected chi connectivity index (χ2v) is 7.28. The van der Waals surface area contributed by atoms with Crippen molar-refractivity contribution in [2.24, 2.45) is 0 Å². The largest absolute Gasteiger partial charge is 0.364 e. The predicted octanol–water partition coefficient (Wildman–Crippen LogP) is 2.78. The van der Waals surface area contributed by atoms with Crippen LogP contribution in [0.2, 0.25) is 0 Å². The molecule has 134 valence electrons. The molecule has 26 heavy (non-hydrogen) atoms. The Balaban J connectivity index is 1.76. The smallest absolute Gasteiger partial charge is 0.226 e. The number of ketones is 1. The van der Waals surface area contributed by atoms with Gasteiger partial charge in [-0.15, -0.1) is 0 Å². The summed E-state index contributed by atoms with van der Waals surface area (Å²) in [6.45, 7) is 5.84. The highest BCUT2D eigenvalue weighted by Crippen LogP contribution is 2.23. The van der Waals surface area contributed by atoms with Gasteiger partial charge in [0.05, 0.1) is 0 Å². The number of aromatic amines is 1. The van der Waals surface area contributed by atoms with E-state index in [0.717, 1.165) is 35.1 Å². The standard InChI is InChI=1S/C22H24N2O2/c1-15-13-24(14-16(2)26-15)21(17-8-4-3-5-9-17)22(25)19-12-23-20-11-7-6-10-18(19)20/h3-12,15-16,21,23H,13-14H2,1-2H3/p+1/t15-,16-,21-/m0/s1. The number of morpholine rings is 1. The zero-order valence-corrected chi connectivity index (χ0v) is 15.2. The van der Waals surface area contributed by atoms with Gasteiger partial charge < -0.3 is 14.6 Å². The summed E-state index contributed by atoms with van der Waals surface area (Å²) in [5, 5.41) is 0.993. The maximum absolute atomic E-state index is 13.7. The van der Waals surface area contributed by atoms with Gasteiger partial charge in [0, 0.05) is 28.2 Å². The number of ether oxygens (including phenoxy) is 1. The highest BCUT2D eigenvalue weighted by Gasteiger charge is 2.38. The summed E-state index contributed by atoms with van der Waals surface area (Å²) in [5.74, 6) is 0.171. The van der Waals surface area contributed by atoms with E-state index in [4.69, 9.17) is 4.74 Å². The Morgan fingerprint density at radius 3 is 2.42 bits per heavy atom. The van der Waals surface area contributed by atoms with E-state index in [1.54, 1.807) is 0 Å². The minimum absolute atomic E-state index is 0.149. The highest BCUT2D eigenvalue weighted by atomic mass is 16.5. The van der Waals surface area contributed by atoms with Crippen molar-refractivity contribution in [2.75, 3.05) is 13.1 Å². The zero-order valence-electron chi connectivity index (χ0n) is 15.2. The number of carbonyl (C=O) groups excluding carboxylic acids is 1. The van der Waals surface area contributed by atoms with E-state index < -0.39 is 0 Å². The molecule has 0 bridgehead atoms. The first kappa shape index (κ1) is 17.0. The third-order valence-corrected chi connectivity index (χ3v) is 5.22. The lowest BCUT2D eigenvalue weighted by atomic mass is 9.94. The Morgan fingerprint density at radius 1 is 1.04 bits per heavy atom. The fourth-order valence-corrected chi connectivity index (χ4v) is 4.20. The van der Waals surface area contributed by atoms with Crippen LogP contribution in [0.1, 0.15) is 35.8 Å². The first-order chi connectivity index (χ1) is 12.6. The molecule has 4 rings (SSSR count). The average molecular weight is 349 g/mol. The molecule has 0 unspecified atom stereocenters. The number of hydrogen-bond acceptors (Lipinski definition) is 2. The second kappa shape index (κ2) is 7.06. The molecule has 0 saturated carbocycles. The molecule has 1 aliphatic rings. The van der Waals surface area contributed by atoms with Gasteiger partial charge in [0.2, 0.25) is 5.78 Å². The van der Waals surface area contributed by atoms with Crippen molar-refractivity contribution in [3.05, 3.63) is 71.9 Å². The number of fused-ring (bicyclic) bond motifs is 1. The third kappa shape index (κ3) is 3.18. The van der Waals surface area contributed by atoms with Gasteiger partial charge in [-0.05, 0) is 19.9 Å². The first-order valence-electron chi connectivity index (χ1n) is 9.29. The van der Waals surface area contributed by atoms with Crippen molar-refractivity contribution in [1.82, 2.24) is 4.98 Å². The molecule has 3 atom stereocenters. The van der Waals surface area contributed by atoms with E-state index in [0.29, 0.717) is 0 Å². The van der Waals surface area contributed by atoms with Crippen molar-refractivity contribution in [1.29, 1.82) is 0 Å². The number of Topliss-reactive ketones (excluding diaryl/α,β-unsaturated/α-hetero) is 1. The van der Waals surface area contributed by atoms with Gasteiger partial charge in [-0.25, -0.2) is 0 Å². The van der Waals surface area contributed by atoms with Crippen LogP contribution in [0.3, 0.4) is 0 Å². The maximum atomic E-state index is 13.7. The number of nitrogens with one attached hydrogen (secondary N) is 2. The Morgan fingerprint density at radius 2 is 1.69 bits per heavy atom. The Bertz CT molecular complexity index is 893. The van der Waals surface area contributed by atoms with Gasteiger partial charge in [0.25, 0.3) is 0 Å². The van der Waals surface area contributed by atoms with Gasteiger partial charge in [-0.3, -0.25) is 4.79 Å². The summed E-state index contributed by atoms with van der Waals surface area (Å²) in [7, 11) is 0. The Hall–Kier alpha value is -2.43. The number of para-hydroxylation sites is 1. The predicted molar refractivity (Wildman–Crippen MR) is 103 cm³/mol. The van der Waals surface area contributed by atoms with Crippen molar-refractivity contribution in [2.45, 2.75) is 32.1 Å². The summed E-state index contributed by atoms with van der Waals surface area (Å²) in [5.41, 5.74) is 2.84. The number of aromatic nitrogens is 1. The molecule has 2 N–H and O–H groups in total. The van der Waals surface area contributed by atoms with Gasteiger partial charge in [0.1, 0.15) is 25.3 Å². The first-order valence-corrected chi connectivity index (χ1v) is 9.29. The summed E-state index contributed by atoms with van der Waals surface area (Å²) >= 11 is 0. The summed E-state index contributed by atoms with van der Waals surface area (Å²) in [4.78, 5) is 18.2. The number of carbonyl (C=O) groups is 1. The van der Waals surface area contributed by atoms with Crippen LogP contribution in [0.25, 0.3) is 10.9 Å². The van der Waals surface area contributed by atoms with Crippen LogP contribution in [0.5, 0.6) is 0 Å². The van der Waals surface area contributed by atoms with E-state index >= 15 is 0 Å². The van der Waals surface area contributed by atoms with E-state index in [1.165, 1.54) is 4.90 Å². The van der Waals surface area contributed by atoms with E-state index in [9.17, 15) is 4.79 Å². The molecule has 4 heteroatoms. The third-order valence-electron chi connectivity index (χ3n) is 5.22. The maximum Gasteiger partial charge on any atom is 0.226 e. The van der Waals surface area contributed by atoms with Gasteiger partial charge in [0.15, 0.2) is 6.04 Å². The Kier molecular flexibility index (Phi) is 4.62. The van der Waals surface area contributed by atoms with Crippen LogP contribution >= 0.6 is 0 Å². The van der Waals surface area contributed by atoms with Crippen molar-refractivity contribution < 1.29 is 14.4 Å². The lowest BCUT2D eigenvalue weighted by molar-refractivity contribution is -0.935. The summed E-state index contributed by atoms with van der Waals surface area (Å²) in [6.07, 6.45) is 2.15. The van der Waals surface area contributed by atoms with Crippen LogP contribution in [0.4, 0.5) is 0 Å². The van der Waals surface area contributed by atoms with Crippen molar-refractivity contribution >= 4 is 16.7 Å². The van der Waals surface area contributed by atoms with E-state index in [-0.39, 0.29) is 24.0 Å². The van der Waals surface area contributed by atoms with Crippen LogP contribution in [-0.4, -0.2) is 36.1 Å². The lowest BCUT2D eigenvalue weighted by Gasteiger charge is -2.36. The lowest BCUT2D eigenvalue weighted by Crippen LogP contribution is -3.16. The monoisotopic (exact) mass is 349 g/mol. The molecule has 1 fully saturated rings. The number of rotatable bonds is 4. The quantitative estimate of drug-likeness (QED) is 0.712. The fourth-order valence-electron chi connectivity index (χ4n) is 4.20. The number of benzene rings is 2. The highest BCUT2D eigenvalue weighted by molar-refractivity contribution is 6.10.